The predicted octanol–water partition coefficient (Wildman–Crippen LogP) is 0.517. The Morgan fingerprint density at radius 1 is 1.23 bits per heavy atom. The molecule has 0 spiro atoms. The highest BCUT2D eigenvalue weighted by Gasteiger charge is 2.27. The molecule has 0 aliphatic heterocycles. The molecule has 4 N–H and O–H groups in total. The summed E-state index contributed by atoms with van der Waals surface area (Å²) < 4.78 is 26.6. The van der Waals surface area contributed by atoms with Crippen molar-refractivity contribution in [3.05, 3.63) is 29.8 Å². The van der Waals surface area contributed by atoms with Crippen LogP contribution in [0, 0.1) is 12.8 Å². The van der Waals surface area contributed by atoms with Crippen molar-refractivity contribution in [2.75, 3.05) is 13.1 Å². The lowest BCUT2D eigenvalue weighted by atomic mass is 10.1. The van der Waals surface area contributed by atoms with Crippen LogP contribution in [0.2, 0.25) is 0 Å². The average molecular weight is 325 g/mol. The fraction of sp³-hybridized carbons (Fsp3) is 0.533. The maximum Gasteiger partial charge on any atom is 0.240 e. The maximum atomic E-state index is 12.0. The van der Waals surface area contributed by atoms with E-state index in [9.17, 15) is 13.2 Å². The van der Waals surface area contributed by atoms with Crippen LogP contribution < -0.4 is 15.8 Å². The lowest BCUT2D eigenvalue weighted by Crippen LogP contribution is -2.37. The Labute approximate surface area is 131 Å². The van der Waals surface area contributed by atoms with Crippen LogP contribution in [0.4, 0.5) is 0 Å². The average Bonchev–Trinajstić information content (AvgIpc) is 2.90. The molecule has 2 unspecified atom stereocenters. The molecule has 1 saturated carbocycles. The van der Waals surface area contributed by atoms with E-state index in [1.807, 2.05) is 6.92 Å². The lowest BCUT2D eigenvalue weighted by molar-refractivity contribution is -0.124. The molecule has 2 atom stereocenters. The van der Waals surface area contributed by atoms with Gasteiger partial charge in [-0.25, -0.2) is 13.1 Å². The van der Waals surface area contributed by atoms with Gasteiger partial charge in [-0.1, -0.05) is 17.7 Å². The fourth-order valence-electron chi connectivity index (χ4n) is 2.57. The number of amides is 1. The smallest absolute Gasteiger partial charge is 0.240 e. The minimum absolute atomic E-state index is 0.0382. The zero-order valence-electron chi connectivity index (χ0n) is 12.7. The summed E-state index contributed by atoms with van der Waals surface area (Å²) in [7, 11) is -3.52. The molecule has 1 aromatic rings. The van der Waals surface area contributed by atoms with Gasteiger partial charge in [-0.15, -0.1) is 0 Å². The van der Waals surface area contributed by atoms with Crippen molar-refractivity contribution in [1.82, 2.24) is 10.0 Å². The van der Waals surface area contributed by atoms with Crippen LogP contribution in [0.1, 0.15) is 24.8 Å². The van der Waals surface area contributed by atoms with Crippen LogP contribution in [0.25, 0.3) is 0 Å². The largest absolute Gasteiger partial charge is 0.355 e. The number of benzene rings is 1. The van der Waals surface area contributed by atoms with E-state index in [0.717, 1.165) is 18.4 Å². The molecular formula is C15H23N3O3S. The van der Waals surface area contributed by atoms with E-state index in [4.69, 9.17) is 5.73 Å². The van der Waals surface area contributed by atoms with Crippen LogP contribution in [0.15, 0.2) is 29.2 Å². The van der Waals surface area contributed by atoms with E-state index in [1.54, 1.807) is 24.3 Å². The molecule has 0 aromatic heterocycles. The van der Waals surface area contributed by atoms with Crippen molar-refractivity contribution < 1.29 is 13.2 Å². The minimum atomic E-state index is -3.52. The van der Waals surface area contributed by atoms with Gasteiger partial charge in [0.25, 0.3) is 0 Å². The number of carbonyl (C=O) groups is 1. The second-order valence-electron chi connectivity index (χ2n) is 5.77. The summed E-state index contributed by atoms with van der Waals surface area (Å²) in [6, 6.07) is 6.74. The highest BCUT2D eigenvalue weighted by atomic mass is 32.2. The van der Waals surface area contributed by atoms with E-state index in [1.165, 1.54) is 0 Å². The van der Waals surface area contributed by atoms with Crippen molar-refractivity contribution in [2.45, 2.75) is 37.1 Å². The monoisotopic (exact) mass is 325 g/mol. The topological polar surface area (TPSA) is 101 Å². The van der Waals surface area contributed by atoms with Gasteiger partial charge in [-0.2, -0.15) is 0 Å². The molecule has 0 heterocycles. The predicted molar refractivity (Wildman–Crippen MR) is 84.7 cm³/mol. The third-order valence-electron chi connectivity index (χ3n) is 3.89. The number of hydrogen-bond donors (Lipinski definition) is 3. The first-order chi connectivity index (χ1) is 10.4. The Hall–Kier alpha value is -1.44. The van der Waals surface area contributed by atoms with Gasteiger partial charge in [0.1, 0.15) is 0 Å². The minimum Gasteiger partial charge on any atom is -0.355 e. The number of carbonyl (C=O) groups excluding carboxylic acids is 1. The van der Waals surface area contributed by atoms with Crippen LogP contribution in [0.5, 0.6) is 0 Å². The molecule has 7 heteroatoms. The molecule has 6 nitrogen and oxygen atoms in total. The molecule has 0 bridgehead atoms. The van der Waals surface area contributed by atoms with Gasteiger partial charge in [-0.3, -0.25) is 4.79 Å². The fourth-order valence-corrected chi connectivity index (χ4v) is 3.60. The van der Waals surface area contributed by atoms with Crippen LogP contribution >= 0.6 is 0 Å². The summed E-state index contributed by atoms with van der Waals surface area (Å²) in [5.41, 5.74) is 6.78. The summed E-state index contributed by atoms with van der Waals surface area (Å²) >= 11 is 0. The van der Waals surface area contributed by atoms with E-state index in [2.05, 4.69) is 10.0 Å². The summed E-state index contributed by atoms with van der Waals surface area (Å²) in [5.74, 6) is -0.0776. The third-order valence-corrected chi connectivity index (χ3v) is 5.37. The van der Waals surface area contributed by atoms with Gasteiger partial charge < -0.3 is 11.1 Å². The quantitative estimate of drug-likeness (QED) is 0.664. The Bertz CT molecular complexity index is 613. The van der Waals surface area contributed by atoms with E-state index in [0.29, 0.717) is 6.42 Å². The first kappa shape index (κ1) is 16.9. The van der Waals surface area contributed by atoms with Gasteiger partial charge in [0.05, 0.1) is 4.90 Å². The van der Waals surface area contributed by atoms with Crippen LogP contribution in [-0.2, 0) is 14.8 Å². The molecule has 2 rings (SSSR count). The molecular weight excluding hydrogens is 302 g/mol. The second-order valence-corrected chi connectivity index (χ2v) is 7.54. The van der Waals surface area contributed by atoms with Gasteiger partial charge in [0.15, 0.2) is 0 Å². The Kier molecular flexibility index (Phi) is 5.55. The Balaban J connectivity index is 1.76. The van der Waals surface area contributed by atoms with E-state index >= 15 is 0 Å². The number of hydrogen-bond acceptors (Lipinski definition) is 4. The zero-order valence-corrected chi connectivity index (χ0v) is 13.5. The summed E-state index contributed by atoms with van der Waals surface area (Å²) in [5, 5.41) is 2.76. The summed E-state index contributed by atoms with van der Waals surface area (Å²) in [6.45, 7) is 2.34. The van der Waals surface area contributed by atoms with Crippen molar-refractivity contribution in [3.8, 4) is 0 Å². The number of nitrogens with one attached hydrogen (secondary N) is 2. The zero-order chi connectivity index (χ0) is 16.2. The van der Waals surface area contributed by atoms with Crippen molar-refractivity contribution in [1.29, 1.82) is 0 Å². The number of rotatable bonds is 6. The SMILES string of the molecule is Cc1ccc(S(=O)(=O)NCCNC(=O)C2CCC(N)C2)cc1. The normalized spacial score (nSPS) is 21.7. The Morgan fingerprint density at radius 2 is 1.91 bits per heavy atom. The molecule has 1 amide bonds. The third kappa shape index (κ3) is 4.53. The van der Waals surface area contributed by atoms with E-state index < -0.39 is 10.0 Å². The lowest BCUT2D eigenvalue weighted by Gasteiger charge is -2.11. The number of aryl methyl sites for hydroxylation is 1. The van der Waals surface area contributed by atoms with Crippen molar-refractivity contribution in [2.24, 2.45) is 11.7 Å². The standard InChI is InChI=1S/C15H23N3O3S/c1-11-2-6-14(7-3-11)22(20,21)18-9-8-17-15(19)12-4-5-13(16)10-12/h2-3,6-7,12-13,18H,4-5,8-10,16H2,1H3,(H,17,19). The number of nitrogens with two attached hydrogens (primary N) is 1. The van der Waals surface area contributed by atoms with E-state index in [-0.39, 0.29) is 35.9 Å². The molecule has 1 fully saturated rings. The van der Waals surface area contributed by atoms with Gasteiger partial charge >= 0.3 is 0 Å². The molecule has 1 aromatic carbocycles. The highest BCUT2D eigenvalue weighted by Crippen LogP contribution is 2.23. The van der Waals surface area contributed by atoms with Crippen molar-refractivity contribution in [3.63, 3.8) is 0 Å². The summed E-state index contributed by atoms with van der Waals surface area (Å²) in [6.07, 6.45) is 2.39. The maximum absolute atomic E-state index is 12.0. The van der Waals surface area contributed by atoms with Gasteiger partial charge in [0, 0.05) is 25.0 Å². The molecule has 1 aliphatic carbocycles. The van der Waals surface area contributed by atoms with Crippen molar-refractivity contribution >= 4 is 15.9 Å². The molecule has 0 radical (unpaired) electrons. The highest BCUT2D eigenvalue weighted by molar-refractivity contribution is 7.89. The first-order valence-electron chi connectivity index (χ1n) is 7.48. The molecule has 1 aliphatic rings. The molecule has 0 saturated heterocycles. The second kappa shape index (κ2) is 7.21. The Morgan fingerprint density at radius 3 is 2.50 bits per heavy atom. The van der Waals surface area contributed by atoms with Gasteiger partial charge in [0.2, 0.25) is 15.9 Å². The van der Waals surface area contributed by atoms with Crippen LogP contribution in [-0.4, -0.2) is 33.5 Å². The first-order valence-corrected chi connectivity index (χ1v) is 8.96. The molecule has 122 valence electrons. The van der Waals surface area contributed by atoms with Gasteiger partial charge in [-0.05, 0) is 38.3 Å². The van der Waals surface area contributed by atoms with Crippen LogP contribution in [0.3, 0.4) is 0 Å². The molecule has 22 heavy (non-hydrogen) atoms. The number of sulfonamides is 1. The summed E-state index contributed by atoms with van der Waals surface area (Å²) in [4.78, 5) is 12.1.